The molecule has 25 heavy (non-hydrogen) atoms. The van der Waals surface area contributed by atoms with Crippen LogP contribution in [-0.2, 0) is 4.79 Å². The molecule has 1 saturated heterocycles. The Hall–Kier alpha value is -1.86. The zero-order valence-corrected chi connectivity index (χ0v) is 15.0. The number of hydrogen-bond donors (Lipinski definition) is 1. The van der Waals surface area contributed by atoms with E-state index in [1.165, 1.54) is 0 Å². The molecule has 2 heterocycles. The lowest BCUT2D eigenvalue weighted by Crippen LogP contribution is -2.42. The van der Waals surface area contributed by atoms with Crippen LogP contribution >= 0.6 is 0 Å². The van der Waals surface area contributed by atoms with Crippen LogP contribution in [0.2, 0.25) is 0 Å². The fourth-order valence-corrected chi connectivity index (χ4v) is 3.20. The van der Waals surface area contributed by atoms with Crippen molar-refractivity contribution in [1.82, 2.24) is 15.3 Å². The van der Waals surface area contributed by atoms with Crippen LogP contribution in [0.25, 0.3) is 0 Å². The number of halogens is 3. The number of rotatable bonds is 5. The molecule has 140 valence electrons. The van der Waals surface area contributed by atoms with E-state index < -0.39 is 24.9 Å². The Morgan fingerprint density at radius 1 is 1.36 bits per heavy atom. The van der Waals surface area contributed by atoms with Crippen molar-refractivity contribution in [3.05, 3.63) is 17.6 Å². The Labute approximate surface area is 146 Å². The molecular weight excluding hydrogens is 333 g/mol. The largest absolute Gasteiger partial charge is 0.389 e. The highest BCUT2D eigenvalue weighted by Crippen LogP contribution is 2.29. The zero-order valence-electron chi connectivity index (χ0n) is 15.0. The van der Waals surface area contributed by atoms with Gasteiger partial charge in [0, 0.05) is 37.2 Å². The standard InChI is InChI=1S/C17H25F3N4O/c1-10(2)13-8-24(16-11(3)7-21-12(4)22-16)9-14(13)23-15(25)5-6-17(18,19)20/h7,10,13-14H,5-6,8-9H2,1-4H3,(H,23,25)/t13-,14+/m1/s1. The summed E-state index contributed by atoms with van der Waals surface area (Å²) in [7, 11) is 0. The lowest BCUT2D eigenvalue weighted by molar-refractivity contribution is -0.144. The first-order valence-electron chi connectivity index (χ1n) is 8.48. The van der Waals surface area contributed by atoms with Crippen molar-refractivity contribution < 1.29 is 18.0 Å². The van der Waals surface area contributed by atoms with Gasteiger partial charge in [-0.3, -0.25) is 4.79 Å². The maximum absolute atomic E-state index is 12.3. The number of amides is 1. The topological polar surface area (TPSA) is 58.1 Å². The van der Waals surface area contributed by atoms with Crippen molar-refractivity contribution in [1.29, 1.82) is 0 Å². The second kappa shape index (κ2) is 7.58. The molecule has 2 atom stereocenters. The summed E-state index contributed by atoms with van der Waals surface area (Å²) in [6.45, 7) is 9.10. The summed E-state index contributed by atoms with van der Waals surface area (Å²) in [5.74, 6) is 1.39. The maximum Gasteiger partial charge on any atom is 0.389 e. The van der Waals surface area contributed by atoms with Crippen LogP contribution in [0, 0.1) is 25.7 Å². The van der Waals surface area contributed by atoms with Crippen LogP contribution in [0.1, 0.15) is 38.1 Å². The van der Waals surface area contributed by atoms with Gasteiger partial charge in [-0.25, -0.2) is 9.97 Å². The normalized spacial score (nSPS) is 21.0. The first-order chi connectivity index (χ1) is 11.6. The number of anilines is 1. The van der Waals surface area contributed by atoms with Crippen molar-refractivity contribution in [2.75, 3.05) is 18.0 Å². The molecule has 1 aromatic heterocycles. The fourth-order valence-electron chi connectivity index (χ4n) is 3.20. The highest BCUT2D eigenvalue weighted by molar-refractivity contribution is 5.76. The van der Waals surface area contributed by atoms with Gasteiger partial charge in [0.15, 0.2) is 0 Å². The van der Waals surface area contributed by atoms with Gasteiger partial charge in [-0.2, -0.15) is 13.2 Å². The van der Waals surface area contributed by atoms with Crippen LogP contribution in [-0.4, -0.2) is 41.2 Å². The summed E-state index contributed by atoms with van der Waals surface area (Å²) in [5, 5.41) is 2.79. The first kappa shape index (κ1) is 19.5. The number of carbonyl (C=O) groups is 1. The van der Waals surface area contributed by atoms with Gasteiger partial charge in [0.25, 0.3) is 0 Å². The molecule has 0 spiro atoms. The van der Waals surface area contributed by atoms with Crippen molar-refractivity contribution in [2.45, 2.75) is 52.8 Å². The molecule has 2 rings (SSSR count). The Morgan fingerprint density at radius 3 is 2.64 bits per heavy atom. The van der Waals surface area contributed by atoms with Crippen molar-refractivity contribution in [2.24, 2.45) is 11.8 Å². The number of nitrogens with zero attached hydrogens (tertiary/aromatic N) is 3. The van der Waals surface area contributed by atoms with E-state index in [4.69, 9.17) is 0 Å². The number of carbonyl (C=O) groups excluding carboxylic acids is 1. The van der Waals surface area contributed by atoms with Crippen LogP contribution < -0.4 is 10.2 Å². The van der Waals surface area contributed by atoms with E-state index in [0.29, 0.717) is 24.8 Å². The highest BCUT2D eigenvalue weighted by Gasteiger charge is 2.37. The summed E-state index contributed by atoms with van der Waals surface area (Å²) < 4.78 is 36.9. The quantitative estimate of drug-likeness (QED) is 0.879. The summed E-state index contributed by atoms with van der Waals surface area (Å²) in [6, 6.07) is -0.185. The van der Waals surface area contributed by atoms with Crippen LogP contribution in [0.4, 0.5) is 19.0 Å². The van der Waals surface area contributed by atoms with Gasteiger partial charge in [0.2, 0.25) is 5.91 Å². The van der Waals surface area contributed by atoms with Gasteiger partial charge in [-0.05, 0) is 19.8 Å². The van der Waals surface area contributed by atoms with E-state index in [1.807, 2.05) is 13.8 Å². The van der Waals surface area contributed by atoms with E-state index in [0.717, 1.165) is 11.4 Å². The molecule has 1 fully saturated rings. The van der Waals surface area contributed by atoms with Crippen LogP contribution in [0.15, 0.2) is 6.20 Å². The minimum absolute atomic E-state index is 0.157. The van der Waals surface area contributed by atoms with Crippen LogP contribution in [0.3, 0.4) is 0 Å². The highest BCUT2D eigenvalue weighted by atomic mass is 19.4. The van der Waals surface area contributed by atoms with Gasteiger partial charge < -0.3 is 10.2 Å². The van der Waals surface area contributed by atoms with Crippen molar-refractivity contribution in [3.8, 4) is 0 Å². The first-order valence-corrected chi connectivity index (χ1v) is 8.48. The van der Waals surface area contributed by atoms with Gasteiger partial charge in [-0.1, -0.05) is 13.8 Å². The third-order valence-corrected chi connectivity index (χ3v) is 4.57. The van der Waals surface area contributed by atoms with E-state index in [1.54, 1.807) is 6.20 Å². The molecule has 0 aromatic carbocycles. The molecule has 0 saturated carbocycles. The third kappa shape index (κ3) is 5.31. The molecule has 1 aromatic rings. The summed E-state index contributed by atoms with van der Waals surface area (Å²) in [4.78, 5) is 22.7. The molecular formula is C17H25F3N4O. The van der Waals surface area contributed by atoms with Gasteiger partial charge >= 0.3 is 6.18 Å². The number of alkyl halides is 3. The lowest BCUT2D eigenvalue weighted by Gasteiger charge is -2.22. The number of aryl methyl sites for hydroxylation is 2. The van der Waals surface area contributed by atoms with E-state index >= 15 is 0 Å². The summed E-state index contributed by atoms with van der Waals surface area (Å²) >= 11 is 0. The van der Waals surface area contributed by atoms with E-state index in [-0.39, 0.29) is 12.0 Å². The van der Waals surface area contributed by atoms with Gasteiger partial charge in [0.05, 0.1) is 12.5 Å². The Bertz CT molecular complexity index is 618. The molecule has 1 amide bonds. The molecule has 1 aliphatic rings. The van der Waals surface area contributed by atoms with Crippen molar-refractivity contribution in [3.63, 3.8) is 0 Å². The monoisotopic (exact) mass is 358 g/mol. The molecule has 0 radical (unpaired) electrons. The molecule has 8 heteroatoms. The third-order valence-electron chi connectivity index (χ3n) is 4.57. The Kier molecular flexibility index (Phi) is 5.90. The average molecular weight is 358 g/mol. The smallest absolute Gasteiger partial charge is 0.354 e. The molecule has 5 nitrogen and oxygen atoms in total. The molecule has 0 aliphatic carbocycles. The average Bonchev–Trinajstić information content (AvgIpc) is 2.91. The Morgan fingerprint density at radius 2 is 2.04 bits per heavy atom. The zero-order chi connectivity index (χ0) is 18.8. The minimum atomic E-state index is -4.31. The second-order valence-corrected chi connectivity index (χ2v) is 7.03. The van der Waals surface area contributed by atoms with E-state index in [9.17, 15) is 18.0 Å². The molecule has 1 N–H and O–H groups in total. The lowest BCUT2D eigenvalue weighted by atomic mass is 9.91. The van der Waals surface area contributed by atoms with Gasteiger partial charge in [-0.15, -0.1) is 0 Å². The number of nitrogens with one attached hydrogen (secondary N) is 1. The summed E-state index contributed by atoms with van der Waals surface area (Å²) in [5.41, 5.74) is 0.942. The molecule has 1 aliphatic heterocycles. The Balaban J connectivity index is 2.07. The van der Waals surface area contributed by atoms with Crippen molar-refractivity contribution >= 4 is 11.7 Å². The molecule has 0 bridgehead atoms. The van der Waals surface area contributed by atoms with Crippen LogP contribution in [0.5, 0.6) is 0 Å². The van der Waals surface area contributed by atoms with Gasteiger partial charge in [0.1, 0.15) is 11.6 Å². The minimum Gasteiger partial charge on any atom is -0.354 e. The second-order valence-electron chi connectivity index (χ2n) is 7.03. The number of aromatic nitrogens is 2. The molecule has 0 unspecified atom stereocenters. The van der Waals surface area contributed by atoms with E-state index in [2.05, 4.69) is 34.0 Å². The predicted octanol–water partition coefficient (Wildman–Crippen LogP) is 3.01. The predicted molar refractivity (Wildman–Crippen MR) is 89.3 cm³/mol. The number of hydrogen-bond acceptors (Lipinski definition) is 4. The summed E-state index contributed by atoms with van der Waals surface area (Å²) in [6.07, 6.45) is -4.17. The maximum atomic E-state index is 12.3. The fraction of sp³-hybridized carbons (Fsp3) is 0.706. The SMILES string of the molecule is Cc1ncc(C)c(N2C[C@H](NC(=O)CCC(F)(F)F)[C@@H](C(C)C)C2)n1.